The van der Waals surface area contributed by atoms with Gasteiger partial charge in [-0.1, -0.05) is 36.4 Å². The van der Waals surface area contributed by atoms with Crippen molar-refractivity contribution in [1.82, 2.24) is 0 Å². The van der Waals surface area contributed by atoms with E-state index in [2.05, 4.69) is 0 Å². The van der Waals surface area contributed by atoms with E-state index in [1.54, 1.807) is 0 Å². The fourth-order valence-corrected chi connectivity index (χ4v) is 3.16. The first-order valence-electron chi connectivity index (χ1n) is 6.08. The normalized spacial score (nSPS) is 14.2. The minimum Gasteiger partial charge on any atom is -0.480 e. The number of aliphatic carboxylic acids is 1. The Labute approximate surface area is 114 Å². The van der Waals surface area contributed by atoms with Crippen LogP contribution in [0, 0.1) is 6.92 Å². The molecular formula is C15H16O3S. The van der Waals surface area contributed by atoms with Crippen molar-refractivity contribution >= 4 is 27.5 Å². The second-order valence-corrected chi connectivity index (χ2v) is 6.34. The van der Waals surface area contributed by atoms with Gasteiger partial charge in [0, 0.05) is 10.8 Å². The van der Waals surface area contributed by atoms with E-state index in [9.17, 15) is 9.00 Å². The van der Waals surface area contributed by atoms with Gasteiger partial charge in [-0.25, -0.2) is 0 Å². The Bertz CT molecular complexity index is 649. The number of rotatable bonds is 4. The van der Waals surface area contributed by atoms with Gasteiger partial charge in [0.2, 0.25) is 0 Å². The summed E-state index contributed by atoms with van der Waals surface area (Å²) in [6.45, 7) is 3.45. The number of benzene rings is 2. The molecule has 0 aliphatic heterocycles. The molecule has 3 nitrogen and oxygen atoms in total. The van der Waals surface area contributed by atoms with Crippen molar-refractivity contribution in [3.05, 3.63) is 47.5 Å². The molecule has 2 unspecified atom stereocenters. The number of carboxylic acid groups (broad SMARTS) is 1. The van der Waals surface area contributed by atoms with Crippen molar-refractivity contribution < 1.29 is 14.1 Å². The molecule has 100 valence electrons. The van der Waals surface area contributed by atoms with Crippen molar-refractivity contribution in [3.63, 3.8) is 0 Å². The third kappa shape index (κ3) is 2.84. The third-order valence-corrected chi connectivity index (χ3v) is 4.87. The second kappa shape index (κ2) is 5.53. The van der Waals surface area contributed by atoms with E-state index in [4.69, 9.17) is 5.11 Å². The molecule has 2 atom stereocenters. The molecule has 1 N–H and O–H groups in total. The van der Waals surface area contributed by atoms with Crippen LogP contribution >= 0.6 is 0 Å². The maximum atomic E-state index is 12.1. The zero-order chi connectivity index (χ0) is 14.0. The summed E-state index contributed by atoms with van der Waals surface area (Å²) in [4.78, 5) is 10.9. The summed E-state index contributed by atoms with van der Waals surface area (Å²) in [5.74, 6) is -0.739. The molecule has 0 aromatic heterocycles. The lowest BCUT2D eigenvalue weighted by Crippen LogP contribution is -2.23. The summed E-state index contributed by atoms with van der Waals surface area (Å²) in [5.41, 5.74) is 2.02. The predicted octanol–water partition coefficient (Wildman–Crippen LogP) is 2.87. The summed E-state index contributed by atoms with van der Waals surface area (Å²) in [6, 6.07) is 11.9. The maximum Gasteiger partial charge on any atom is 0.318 e. The molecular weight excluding hydrogens is 260 g/mol. The van der Waals surface area contributed by atoms with Crippen LogP contribution in [0.2, 0.25) is 0 Å². The molecule has 2 rings (SSSR count). The molecule has 0 spiro atoms. The highest BCUT2D eigenvalue weighted by atomic mass is 32.2. The monoisotopic (exact) mass is 276 g/mol. The van der Waals surface area contributed by atoms with Crippen molar-refractivity contribution in [3.8, 4) is 0 Å². The summed E-state index contributed by atoms with van der Waals surface area (Å²) in [7, 11) is -1.41. The molecule has 2 aromatic rings. The van der Waals surface area contributed by atoms with Crippen LogP contribution in [0.4, 0.5) is 0 Å². The van der Waals surface area contributed by atoms with Gasteiger partial charge in [0.1, 0.15) is 5.25 Å². The van der Waals surface area contributed by atoms with E-state index in [-0.39, 0.29) is 5.75 Å². The highest BCUT2D eigenvalue weighted by Crippen LogP contribution is 2.24. The standard InChI is InChI=1S/C15H16O3S/c1-10-7-8-12-5-3-4-6-13(12)14(10)9-19(18)11(2)15(16)17/h3-8,11H,9H2,1-2H3,(H,16,17). The first-order chi connectivity index (χ1) is 9.00. The molecule has 0 aliphatic carbocycles. The highest BCUT2D eigenvalue weighted by Gasteiger charge is 2.20. The van der Waals surface area contributed by atoms with Gasteiger partial charge in [0.15, 0.2) is 0 Å². The summed E-state index contributed by atoms with van der Waals surface area (Å²) >= 11 is 0. The molecule has 0 bridgehead atoms. The van der Waals surface area contributed by atoms with Gasteiger partial charge in [0.05, 0.1) is 5.75 Å². The van der Waals surface area contributed by atoms with Crippen LogP contribution in [0.1, 0.15) is 18.1 Å². The zero-order valence-electron chi connectivity index (χ0n) is 10.9. The molecule has 0 saturated carbocycles. The Balaban J connectivity index is 2.42. The minimum atomic E-state index is -1.41. The molecule has 0 aliphatic rings. The average Bonchev–Trinajstić information content (AvgIpc) is 2.40. The molecule has 0 amide bonds. The van der Waals surface area contributed by atoms with Crippen LogP contribution in [0.5, 0.6) is 0 Å². The number of carbonyl (C=O) groups is 1. The Morgan fingerprint density at radius 3 is 2.63 bits per heavy atom. The lowest BCUT2D eigenvalue weighted by Gasteiger charge is -2.12. The SMILES string of the molecule is Cc1ccc2ccccc2c1CS(=O)C(C)C(=O)O. The van der Waals surface area contributed by atoms with Crippen molar-refractivity contribution in [1.29, 1.82) is 0 Å². The average molecular weight is 276 g/mol. The molecule has 19 heavy (non-hydrogen) atoms. The largest absolute Gasteiger partial charge is 0.480 e. The quantitative estimate of drug-likeness (QED) is 0.934. The molecule has 4 heteroatoms. The molecule has 0 radical (unpaired) electrons. The van der Waals surface area contributed by atoms with Gasteiger partial charge >= 0.3 is 5.97 Å². The Morgan fingerprint density at radius 1 is 1.26 bits per heavy atom. The lowest BCUT2D eigenvalue weighted by molar-refractivity contribution is -0.136. The van der Waals surface area contributed by atoms with Crippen LogP contribution in [0.15, 0.2) is 36.4 Å². The zero-order valence-corrected chi connectivity index (χ0v) is 11.7. The topological polar surface area (TPSA) is 54.4 Å². The molecule has 2 aromatic carbocycles. The Morgan fingerprint density at radius 2 is 1.95 bits per heavy atom. The lowest BCUT2D eigenvalue weighted by atomic mass is 10.0. The summed E-state index contributed by atoms with van der Waals surface area (Å²) in [6.07, 6.45) is 0. The first kappa shape index (κ1) is 13.7. The molecule has 0 heterocycles. The van der Waals surface area contributed by atoms with E-state index >= 15 is 0 Å². The summed E-state index contributed by atoms with van der Waals surface area (Å²) < 4.78 is 12.1. The van der Waals surface area contributed by atoms with Crippen LogP contribution in [0.25, 0.3) is 10.8 Å². The van der Waals surface area contributed by atoms with E-state index in [1.165, 1.54) is 6.92 Å². The van der Waals surface area contributed by atoms with Crippen LogP contribution in [-0.2, 0) is 21.3 Å². The van der Waals surface area contributed by atoms with Gasteiger partial charge < -0.3 is 5.11 Å². The van der Waals surface area contributed by atoms with E-state index in [0.29, 0.717) is 0 Å². The fourth-order valence-electron chi connectivity index (χ4n) is 2.02. The number of fused-ring (bicyclic) bond motifs is 1. The van der Waals surface area contributed by atoms with Crippen LogP contribution in [0.3, 0.4) is 0 Å². The predicted molar refractivity (Wildman–Crippen MR) is 77.6 cm³/mol. The Hall–Kier alpha value is -1.68. The van der Waals surface area contributed by atoms with Gasteiger partial charge in [0.25, 0.3) is 0 Å². The van der Waals surface area contributed by atoms with Gasteiger partial charge in [-0.2, -0.15) is 0 Å². The van der Waals surface area contributed by atoms with Gasteiger partial charge in [-0.05, 0) is 35.7 Å². The van der Waals surface area contributed by atoms with Crippen molar-refractivity contribution in [2.24, 2.45) is 0 Å². The number of hydrogen-bond donors (Lipinski definition) is 1. The van der Waals surface area contributed by atoms with Crippen LogP contribution < -0.4 is 0 Å². The summed E-state index contributed by atoms with van der Waals surface area (Å²) in [5, 5.41) is 10.2. The molecule has 0 fully saturated rings. The van der Waals surface area contributed by atoms with E-state index < -0.39 is 22.0 Å². The van der Waals surface area contributed by atoms with Crippen molar-refractivity contribution in [2.75, 3.05) is 0 Å². The van der Waals surface area contributed by atoms with E-state index in [0.717, 1.165) is 21.9 Å². The van der Waals surface area contributed by atoms with Gasteiger partial charge in [-0.15, -0.1) is 0 Å². The Kier molecular flexibility index (Phi) is 4.00. The fraction of sp³-hybridized carbons (Fsp3) is 0.267. The number of aryl methyl sites for hydroxylation is 1. The first-order valence-corrected chi connectivity index (χ1v) is 7.46. The van der Waals surface area contributed by atoms with E-state index in [1.807, 2.05) is 43.3 Å². The maximum absolute atomic E-state index is 12.1. The minimum absolute atomic E-state index is 0.278. The second-order valence-electron chi connectivity index (χ2n) is 4.59. The number of hydrogen-bond acceptors (Lipinski definition) is 2. The highest BCUT2D eigenvalue weighted by molar-refractivity contribution is 7.85. The van der Waals surface area contributed by atoms with Gasteiger partial charge in [-0.3, -0.25) is 9.00 Å². The number of carboxylic acids is 1. The molecule has 0 saturated heterocycles. The van der Waals surface area contributed by atoms with Crippen LogP contribution in [-0.4, -0.2) is 20.5 Å². The van der Waals surface area contributed by atoms with Crippen molar-refractivity contribution in [2.45, 2.75) is 24.9 Å². The third-order valence-electron chi connectivity index (χ3n) is 3.30. The smallest absolute Gasteiger partial charge is 0.318 e.